The summed E-state index contributed by atoms with van der Waals surface area (Å²) in [5.41, 5.74) is 6.70. The van der Waals surface area contributed by atoms with Crippen LogP contribution in [0.15, 0.2) is 53.6 Å². The van der Waals surface area contributed by atoms with Gasteiger partial charge in [0.2, 0.25) is 5.95 Å². The molecule has 2 aromatic carbocycles. The number of nitrogens with one attached hydrogen (secondary N) is 2. The molecule has 0 saturated heterocycles. The molecule has 21 heavy (non-hydrogen) atoms. The number of imidazole rings is 1. The predicted octanol–water partition coefficient (Wildman–Crippen LogP) is 3.41. The summed E-state index contributed by atoms with van der Waals surface area (Å²) >= 11 is 0. The third kappa shape index (κ3) is 2.86. The second kappa shape index (κ2) is 5.66. The fourth-order valence-electron chi connectivity index (χ4n) is 2.06. The quantitative estimate of drug-likeness (QED) is 0.568. The van der Waals surface area contributed by atoms with Crippen molar-refractivity contribution in [1.82, 2.24) is 9.97 Å². The number of para-hydroxylation sites is 2. The first-order valence-corrected chi connectivity index (χ1v) is 6.66. The number of nitrogens with zero attached hydrogens (tertiary/aromatic N) is 2. The normalized spacial score (nSPS) is 11.6. The average Bonchev–Trinajstić information content (AvgIpc) is 2.95. The lowest BCUT2D eigenvalue weighted by molar-refractivity contribution is 0.414. The molecular weight excluding hydrogens is 264 g/mol. The van der Waals surface area contributed by atoms with Crippen LogP contribution in [0.3, 0.4) is 0 Å². The summed E-state index contributed by atoms with van der Waals surface area (Å²) in [6.45, 7) is 1.93. The van der Waals surface area contributed by atoms with Crippen LogP contribution < -0.4 is 10.2 Å². The smallest absolute Gasteiger partial charge is 0.222 e. The molecule has 0 aliphatic heterocycles. The Morgan fingerprint density at radius 3 is 2.86 bits per heavy atom. The predicted molar refractivity (Wildman–Crippen MR) is 84.9 cm³/mol. The van der Waals surface area contributed by atoms with Gasteiger partial charge >= 0.3 is 0 Å². The van der Waals surface area contributed by atoms with Crippen LogP contribution >= 0.6 is 0 Å². The Balaban J connectivity index is 1.80. The number of ether oxygens (including phenoxy) is 1. The number of hydrazone groups is 1. The van der Waals surface area contributed by atoms with Crippen molar-refractivity contribution in [3.05, 3.63) is 54.1 Å². The highest BCUT2D eigenvalue weighted by molar-refractivity contribution is 5.99. The number of aromatic amines is 1. The Morgan fingerprint density at radius 1 is 1.19 bits per heavy atom. The lowest BCUT2D eigenvalue weighted by Crippen LogP contribution is -2.00. The molecule has 5 nitrogen and oxygen atoms in total. The van der Waals surface area contributed by atoms with Crippen molar-refractivity contribution in [2.24, 2.45) is 5.10 Å². The largest absolute Gasteiger partial charge is 0.497 e. The zero-order valence-corrected chi connectivity index (χ0v) is 11.9. The first kappa shape index (κ1) is 13.2. The highest BCUT2D eigenvalue weighted by Crippen LogP contribution is 2.15. The number of hydrogen-bond acceptors (Lipinski definition) is 4. The second-order valence-electron chi connectivity index (χ2n) is 4.64. The Kier molecular flexibility index (Phi) is 3.55. The van der Waals surface area contributed by atoms with Crippen LogP contribution in [0.2, 0.25) is 0 Å². The summed E-state index contributed by atoms with van der Waals surface area (Å²) in [4.78, 5) is 7.58. The molecule has 0 fully saturated rings. The fraction of sp³-hybridized carbons (Fsp3) is 0.125. The maximum absolute atomic E-state index is 5.21. The van der Waals surface area contributed by atoms with Crippen molar-refractivity contribution in [1.29, 1.82) is 0 Å². The summed E-state index contributed by atoms with van der Waals surface area (Å²) in [6.07, 6.45) is 0. The van der Waals surface area contributed by atoms with Crippen LogP contribution in [0, 0.1) is 0 Å². The van der Waals surface area contributed by atoms with Gasteiger partial charge in [-0.05, 0) is 31.2 Å². The third-order valence-corrected chi connectivity index (χ3v) is 3.21. The van der Waals surface area contributed by atoms with E-state index in [9.17, 15) is 0 Å². The number of H-pyrrole nitrogens is 1. The Hall–Kier alpha value is -2.82. The van der Waals surface area contributed by atoms with Gasteiger partial charge in [-0.3, -0.25) is 0 Å². The maximum atomic E-state index is 5.21. The summed E-state index contributed by atoms with van der Waals surface area (Å²) in [5, 5.41) is 4.35. The molecular formula is C16H16N4O. The monoisotopic (exact) mass is 280 g/mol. The van der Waals surface area contributed by atoms with Gasteiger partial charge in [-0.2, -0.15) is 5.10 Å². The Labute approximate surface area is 122 Å². The molecule has 0 amide bonds. The molecule has 0 aliphatic rings. The van der Waals surface area contributed by atoms with Gasteiger partial charge < -0.3 is 9.72 Å². The SMILES string of the molecule is COc1cccc(C(C)=NNc2nc3ccccc3[nH]2)c1. The van der Waals surface area contributed by atoms with E-state index in [0.29, 0.717) is 5.95 Å². The lowest BCUT2D eigenvalue weighted by Gasteiger charge is -2.04. The molecule has 0 atom stereocenters. The molecule has 0 radical (unpaired) electrons. The van der Waals surface area contributed by atoms with Crippen LogP contribution in [0.25, 0.3) is 11.0 Å². The van der Waals surface area contributed by atoms with Gasteiger partial charge in [0.1, 0.15) is 5.75 Å². The van der Waals surface area contributed by atoms with E-state index in [2.05, 4.69) is 20.5 Å². The number of benzene rings is 2. The molecule has 0 aliphatic carbocycles. The lowest BCUT2D eigenvalue weighted by atomic mass is 10.1. The van der Waals surface area contributed by atoms with Gasteiger partial charge in [-0.1, -0.05) is 24.3 Å². The molecule has 1 aromatic heterocycles. The number of hydrogen-bond donors (Lipinski definition) is 2. The molecule has 3 rings (SSSR count). The minimum absolute atomic E-state index is 0.624. The standard InChI is InChI=1S/C16H16N4O/c1-11(12-6-5-7-13(10-12)21-2)19-20-16-17-14-8-3-4-9-15(14)18-16/h3-10H,1-2H3,(H2,17,18,20). The van der Waals surface area contributed by atoms with Crippen molar-refractivity contribution < 1.29 is 4.74 Å². The topological polar surface area (TPSA) is 62.3 Å². The van der Waals surface area contributed by atoms with E-state index in [4.69, 9.17) is 4.74 Å². The molecule has 1 heterocycles. The third-order valence-electron chi connectivity index (χ3n) is 3.21. The van der Waals surface area contributed by atoms with E-state index >= 15 is 0 Å². The summed E-state index contributed by atoms with van der Waals surface area (Å²) in [7, 11) is 1.65. The minimum atomic E-state index is 0.624. The summed E-state index contributed by atoms with van der Waals surface area (Å²) in [6, 6.07) is 15.6. The van der Waals surface area contributed by atoms with Gasteiger partial charge in [-0.25, -0.2) is 10.4 Å². The van der Waals surface area contributed by atoms with Crippen molar-refractivity contribution in [3.63, 3.8) is 0 Å². The number of fused-ring (bicyclic) bond motifs is 1. The highest BCUT2D eigenvalue weighted by atomic mass is 16.5. The minimum Gasteiger partial charge on any atom is -0.497 e. The van der Waals surface area contributed by atoms with E-state index in [0.717, 1.165) is 28.1 Å². The summed E-state index contributed by atoms with van der Waals surface area (Å²) in [5.74, 6) is 1.43. The second-order valence-corrected chi connectivity index (χ2v) is 4.64. The van der Waals surface area contributed by atoms with Crippen LogP contribution in [-0.2, 0) is 0 Å². The van der Waals surface area contributed by atoms with Crippen LogP contribution in [0.1, 0.15) is 12.5 Å². The number of anilines is 1. The Morgan fingerprint density at radius 2 is 2.05 bits per heavy atom. The van der Waals surface area contributed by atoms with E-state index in [1.54, 1.807) is 7.11 Å². The molecule has 0 spiro atoms. The van der Waals surface area contributed by atoms with Crippen molar-refractivity contribution >= 4 is 22.7 Å². The molecule has 0 saturated carbocycles. The van der Waals surface area contributed by atoms with E-state index in [1.807, 2.05) is 55.5 Å². The number of rotatable bonds is 4. The Bertz CT molecular complexity index is 759. The van der Waals surface area contributed by atoms with E-state index in [1.165, 1.54) is 0 Å². The van der Waals surface area contributed by atoms with Gasteiger partial charge in [0.05, 0.1) is 23.9 Å². The van der Waals surface area contributed by atoms with Gasteiger partial charge in [-0.15, -0.1) is 0 Å². The number of aromatic nitrogens is 2. The van der Waals surface area contributed by atoms with Gasteiger partial charge in [0.15, 0.2) is 0 Å². The van der Waals surface area contributed by atoms with E-state index < -0.39 is 0 Å². The highest BCUT2D eigenvalue weighted by Gasteiger charge is 2.02. The maximum Gasteiger partial charge on any atom is 0.222 e. The van der Waals surface area contributed by atoms with Crippen LogP contribution in [-0.4, -0.2) is 22.8 Å². The van der Waals surface area contributed by atoms with Crippen LogP contribution in [0.5, 0.6) is 5.75 Å². The van der Waals surface area contributed by atoms with Crippen LogP contribution in [0.4, 0.5) is 5.95 Å². The first-order valence-electron chi connectivity index (χ1n) is 6.66. The number of methoxy groups -OCH3 is 1. The van der Waals surface area contributed by atoms with Crippen molar-refractivity contribution in [3.8, 4) is 5.75 Å². The van der Waals surface area contributed by atoms with E-state index in [-0.39, 0.29) is 0 Å². The zero-order chi connectivity index (χ0) is 14.7. The molecule has 3 aromatic rings. The van der Waals surface area contributed by atoms with Crippen molar-refractivity contribution in [2.75, 3.05) is 12.5 Å². The van der Waals surface area contributed by atoms with Gasteiger partial charge in [0, 0.05) is 5.56 Å². The average molecular weight is 280 g/mol. The molecule has 2 N–H and O–H groups in total. The van der Waals surface area contributed by atoms with Crippen molar-refractivity contribution in [2.45, 2.75) is 6.92 Å². The summed E-state index contributed by atoms with van der Waals surface area (Å²) < 4.78 is 5.21. The fourth-order valence-corrected chi connectivity index (χ4v) is 2.06. The molecule has 5 heteroatoms. The zero-order valence-electron chi connectivity index (χ0n) is 11.9. The van der Waals surface area contributed by atoms with Gasteiger partial charge in [0.25, 0.3) is 0 Å². The molecule has 106 valence electrons. The first-order chi connectivity index (χ1) is 10.3. The molecule has 0 unspecified atom stereocenters. The molecule has 0 bridgehead atoms.